The van der Waals surface area contributed by atoms with E-state index in [1.54, 1.807) is 17.9 Å². The van der Waals surface area contributed by atoms with Crippen LogP contribution in [0.3, 0.4) is 0 Å². The third-order valence-corrected chi connectivity index (χ3v) is 4.70. The van der Waals surface area contributed by atoms with Gasteiger partial charge in [-0.25, -0.2) is 4.79 Å². The molecule has 0 bridgehead atoms. The first kappa shape index (κ1) is 18.5. The molecule has 2 amide bonds. The monoisotopic (exact) mass is 353 g/mol. The van der Waals surface area contributed by atoms with Crippen LogP contribution in [-0.2, 0) is 9.53 Å². The predicted octanol–water partition coefficient (Wildman–Crippen LogP) is 2.75. The molecule has 0 aromatic heterocycles. The van der Waals surface area contributed by atoms with Crippen molar-refractivity contribution in [1.82, 2.24) is 9.80 Å². The summed E-state index contributed by atoms with van der Waals surface area (Å²) in [5.74, 6) is -0.0787. The fourth-order valence-electron chi connectivity index (χ4n) is 2.65. The average Bonchev–Trinajstić information content (AvgIpc) is 2.58. The molecule has 2 rings (SSSR count). The van der Waals surface area contributed by atoms with Crippen molar-refractivity contribution in [3.05, 3.63) is 28.8 Å². The van der Waals surface area contributed by atoms with E-state index in [9.17, 15) is 9.59 Å². The maximum absolute atomic E-state index is 12.5. The summed E-state index contributed by atoms with van der Waals surface area (Å²) in [7, 11) is 0. The number of amides is 2. The number of anilines is 1. The van der Waals surface area contributed by atoms with Gasteiger partial charge >= 0.3 is 6.09 Å². The van der Waals surface area contributed by atoms with Crippen molar-refractivity contribution in [2.45, 2.75) is 26.8 Å². The van der Waals surface area contributed by atoms with Crippen molar-refractivity contribution in [2.75, 3.05) is 38.1 Å². The number of nitrogens with one attached hydrogen (secondary N) is 1. The van der Waals surface area contributed by atoms with Crippen molar-refractivity contribution < 1.29 is 14.3 Å². The maximum atomic E-state index is 12.5. The van der Waals surface area contributed by atoms with Crippen LogP contribution < -0.4 is 5.32 Å². The number of hydrogen-bond donors (Lipinski definition) is 1. The Morgan fingerprint density at radius 1 is 1.29 bits per heavy atom. The minimum Gasteiger partial charge on any atom is -0.450 e. The molecule has 1 aliphatic rings. The molecule has 1 aromatic carbocycles. The average molecular weight is 354 g/mol. The zero-order valence-corrected chi connectivity index (χ0v) is 15.1. The summed E-state index contributed by atoms with van der Waals surface area (Å²) in [6.07, 6.45) is -0.288. The summed E-state index contributed by atoms with van der Waals surface area (Å²) in [6, 6.07) is 5.16. The highest BCUT2D eigenvalue weighted by atomic mass is 35.5. The standard InChI is InChI=1S/C17H24ClN3O3/c1-4-24-17(23)21-10-8-20(9-11-21)13(3)16(22)19-15-7-5-6-14(18)12(15)2/h5-7,13H,4,8-11H2,1-3H3,(H,19,22)/t13-/m1/s1. The molecule has 1 fully saturated rings. The van der Waals surface area contributed by atoms with Gasteiger partial charge < -0.3 is 15.0 Å². The lowest BCUT2D eigenvalue weighted by Gasteiger charge is -2.36. The molecular formula is C17H24ClN3O3. The number of benzene rings is 1. The van der Waals surface area contributed by atoms with Crippen LogP contribution in [-0.4, -0.2) is 60.6 Å². The van der Waals surface area contributed by atoms with E-state index in [1.807, 2.05) is 26.0 Å². The van der Waals surface area contributed by atoms with Gasteiger partial charge in [0.05, 0.1) is 12.6 Å². The summed E-state index contributed by atoms with van der Waals surface area (Å²) in [6.45, 7) is 8.31. The topological polar surface area (TPSA) is 61.9 Å². The van der Waals surface area contributed by atoms with Gasteiger partial charge in [-0.15, -0.1) is 0 Å². The fourth-order valence-corrected chi connectivity index (χ4v) is 2.83. The van der Waals surface area contributed by atoms with E-state index in [2.05, 4.69) is 10.2 Å². The minimum absolute atomic E-state index is 0.0787. The highest BCUT2D eigenvalue weighted by molar-refractivity contribution is 6.31. The molecule has 1 aromatic rings. The van der Waals surface area contributed by atoms with E-state index in [0.29, 0.717) is 37.8 Å². The van der Waals surface area contributed by atoms with E-state index in [0.717, 1.165) is 11.3 Å². The second-order valence-electron chi connectivity index (χ2n) is 5.80. The molecule has 1 aliphatic heterocycles. The third kappa shape index (κ3) is 4.39. The van der Waals surface area contributed by atoms with E-state index >= 15 is 0 Å². The second kappa shape index (κ2) is 8.35. The van der Waals surface area contributed by atoms with Crippen molar-refractivity contribution in [1.29, 1.82) is 0 Å². The van der Waals surface area contributed by atoms with Crippen LogP contribution in [0, 0.1) is 6.92 Å². The molecule has 24 heavy (non-hydrogen) atoms. The summed E-state index contributed by atoms with van der Waals surface area (Å²) in [5, 5.41) is 3.56. The first-order valence-corrected chi connectivity index (χ1v) is 8.53. The van der Waals surface area contributed by atoms with Gasteiger partial charge in [-0.05, 0) is 38.5 Å². The smallest absolute Gasteiger partial charge is 0.409 e. The van der Waals surface area contributed by atoms with Crippen LogP contribution in [0.2, 0.25) is 5.02 Å². The Bertz CT molecular complexity index is 601. The Morgan fingerprint density at radius 3 is 2.58 bits per heavy atom. The van der Waals surface area contributed by atoms with E-state index in [4.69, 9.17) is 16.3 Å². The molecule has 1 heterocycles. The minimum atomic E-state index is -0.288. The first-order chi connectivity index (χ1) is 11.4. The van der Waals surface area contributed by atoms with Gasteiger partial charge in [0.25, 0.3) is 0 Å². The Labute approximate surface area is 147 Å². The summed E-state index contributed by atoms with van der Waals surface area (Å²) >= 11 is 6.09. The molecular weight excluding hydrogens is 330 g/mol. The highest BCUT2D eigenvalue weighted by Crippen LogP contribution is 2.23. The molecule has 0 saturated carbocycles. The summed E-state index contributed by atoms with van der Waals surface area (Å²) < 4.78 is 5.00. The van der Waals surface area contributed by atoms with Gasteiger partial charge in [-0.1, -0.05) is 17.7 Å². The molecule has 0 unspecified atom stereocenters. The Kier molecular flexibility index (Phi) is 6.45. The van der Waals surface area contributed by atoms with Gasteiger partial charge in [0.2, 0.25) is 5.91 Å². The molecule has 0 spiro atoms. The van der Waals surface area contributed by atoms with Crippen LogP contribution in [0.5, 0.6) is 0 Å². The van der Waals surface area contributed by atoms with E-state index < -0.39 is 0 Å². The van der Waals surface area contributed by atoms with Crippen LogP contribution >= 0.6 is 11.6 Å². The molecule has 1 N–H and O–H groups in total. The molecule has 1 atom stereocenters. The van der Waals surface area contributed by atoms with Crippen molar-refractivity contribution >= 4 is 29.3 Å². The van der Waals surface area contributed by atoms with Crippen LogP contribution in [0.15, 0.2) is 18.2 Å². The maximum Gasteiger partial charge on any atom is 0.409 e. The molecule has 0 radical (unpaired) electrons. The SMILES string of the molecule is CCOC(=O)N1CCN([C@H](C)C(=O)Nc2cccc(Cl)c2C)CC1. The largest absolute Gasteiger partial charge is 0.450 e. The number of carbonyl (C=O) groups is 2. The Balaban J connectivity index is 1.90. The molecule has 132 valence electrons. The quantitative estimate of drug-likeness (QED) is 0.904. The Hall–Kier alpha value is -1.79. The van der Waals surface area contributed by atoms with Gasteiger partial charge in [0.1, 0.15) is 0 Å². The van der Waals surface area contributed by atoms with Crippen LogP contribution in [0.4, 0.5) is 10.5 Å². The zero-order chi connectivity index (χ0) is 17.7. The molecule has 1 saturated heterocycles. The number of carbonyl (C=O) groups excluding carboxylic acids is 2. The van der Waals surface area contributed by atoms with Gasteiger partial charge in [-0.2, -0.15) is 0 Å². The number of halogens is 1. The third-order valence-electron chi connectivity index (χ3n) is 4.29. The Morgan fingerprint density at radius 2 is 1.96 bits per heavy atom. The lowest BCUT2D eigenvalue weighted by Crippen LogP contribution is -2.54. The lowest BCUT2D eigenvalue weighted by atomic mass is 10.1. The van der Waals surface area contributed by atoms with Crippen LogP contribution in [0.1, 0.15) is 19.4 Å². The first-order valence-electron chi connectivity index (χ1n) is 8.15. The lowest BCUT2D eigenvalue weighted by molar-refractivity contribution is -0.121. The second-order valence-corrected chi connectivity index (χ2v) is 6.21. The summed E-state index contributed by atoms with van der Waals surface area (Å²) in [5.41, 5.74) is 1.58. The number of rotatable bonds is 4. The van der Waals surface area contributed by atoms with Gasteiger partial charge in [0, 0.05) is 36.9 Å². The predicted molar refractivity (Wildman–Crippen MR) is 94.4 cm³/mol. The zero-order valence-electron chi connectivity index (χ0n) is 14.3. The van der Waals surface area contributed by atoms with E-state index in [1.165, 1.54) is 0 Å². The van der Waals surface area contributed by atoms with Gasteiger partial charge in [-0.3, -0.25) is 9.69 Å². The number of nitrogens with zero attached hydrogens (tertiary/aromatic N) is 2. The van der Waals surface area contributed by atoms with Crippen molar-refractivity contribution in [3.8, 4) is 0 Å². The highest BCUT2D eigenvalue weighted by Gasteiger charge is 2.28. The van der Waals surface area contributed by atoms with Crippen molar-refractivity contribution in [3.63, 3.8) is 0 Å². The molecule has 6 nitrogen and oxygen atoms in total. The number of ether oxygens (including phenoxy) is 1. The molecule has 7 heteroatoms. The fraction of sp³-hybridized carbons (Fsp3) is 0.529. The summed E-state index contributed by atoms with van der Waals surface area (Å²) in [4.78, 5) is 27.9. The number of piperazine rings is 1. The molecule has 0 aliphatic carbocycles. The van der Waals surface area contributed by atoms with Crippen molar-refractivity contribution in [2.24, 2.45) is 0 Å². The van der Waals surface area contributed by atoms with Crippen LogP contribution in [0.25, 0.3) is 0 Å². The normalized spacial score (nSPS) is 16.6. The van der Waals surface area contributed by atoms with Gasteiger partial charge in [0.15, 0.2) is 0 Å². The van der Waals surface area contributed by atoms with E-state index in [-0.39, 0.29) is 18.0 Å². The number of hydrogen-bond acceptors (Lipinski definition) is 4.